The fourth-order valence-corrected chi connectivity index (χ4v) is 2.57. The van der Waals surface area contributed by atoms with Crippen molar-refractivity contribution in [2.24, 2.45) is 0 Å². The summed E-state index contributed by atoms with van der Waals surface area (Å²) in [5, 5.41) is 0. The largest absolute Gasteiger partial charge is 0.298 e. The molecular weight excluding hydrogens is 243 g/mol. The van der Waals surface area contributed by atoms with Gasteiger partial charge in [-0.2, -0.15) is 0 Å². The van der Waals surface area contributed by atoms with E-state index in [9.17, 15) is 9.18 Å². The van der Waals surface area contributed by atoms with Gasteiger partial charge in [0.1, 0.15) is 5.82 Å². The first-order valence-electron chi connectivity index (χ1n) is 6.70. The van der Waals surface area contributed by atoms with Crippen molar-refractivity contribution in [1.29, 1.82) is 0 Å². The molecule has 104 valence electrons. The Bertz CT molecular complexity index is 434. The van der Waals surface area contributed by atoms with E-state index in [2.05, 4.69) is 30.7 Å². The van der Waals surface area contributed by atoms with Crippen LogP contribution in [0.15, 0.2) is 24.3 Å². The van der Waals surface area contributed by atoms with E-state index in [1.54, 1.807) is 12.1 Å². The molecule has 2 atom stereocenters. The lowest BCUT2D eigenvalue weighted by molar-refractivity contribution is 0.0549. The van der Waals surface area contributed by atoms with Gasteiger partial charge in [0.15, 0.2) is 5.78 Å². The topological polar surface area (TPSA) is 23.6 Å². The summed E-state index contributed by atoms with van der Waals surface area (Å²) < 4.78 is 12.8. The Kier molecular flexibility index (Phi) is 4.32. The summed E-state index contributed by atoms with van der Waals surface area (Å²) in [5.74, 6) is -0.248. The monoisotopic (exact) mass is 264 g/mol. The number of carbonyl (C=O) groups excluding carboxylic acids is 1. The molecule has 1 fully saturated rings. The number of hydrogen-bond acceptors (Lipinski definition) is 3. The molecule has 0 amide bonds. The molecule has 0 radical (unpaired) electrons. The highest BCUT2D eigenvalue weighted by Crippen LogP contribution is 2.14. The molecule has 1 aliphatic rings. The number of rotatable bonds is 3. The summed E-state index contributed by atoms with van der Waals surface area (Å²) in [6.45, 7) is 6.55. The van der Waals surface area contributed by atoms with Gasteiger partial charge in [-0.15, -0.1) is 0 Å². The third-order valence-electron chi connectivity index (χ3n) is 3.97. The highest BCUT2D eigenvalue weighted by atomic mass is 19.1. The van der Waals surface area contributed by atoms with Crippen molar-refractivity contribution in [3.63, 3.8) is 0 Å². The van der Waals surface area contributed by atoms with Crippen LogP contribution in [0.1, 0.15) is 24.2 Å². The molecule has 0 aromatic heterocycles. The SMILES string of the molecule is CC1CN(CC(=O)c2ccc(F)cc2)CC(C)N1C. The number of carbonyl (C=O) groups is 1. The van der Waals surface area contributed by atoms with Gasteiger partial charge in [-0.05, 0) is 45.2 Å². The maximum atomic E-state index is 12.8. The Morgan fingerprint density at radius 2 is 1.74 bits per heavy atom. The summed E-state index contributed by atoms with van der Waals surface area (Å²) in [4.78, 5) is 16.7. The molecule has 3 nitrogen and oxygen atoms in total. The standard InChI is InChI=1S/C15H21FN2O/c1-11-8-18(9-12(2)17(11)3)10-15(19)13-4-6-14(16)7-5-13/h4-7,11-12H,8-10H2,1-3H3. The molecule has 1 aliphatic heterocycles. The molecule has 0 aliphatic carbocycles. The maximum absolute atomic E-state index is 12.8. The van der Waals surface area contributed by atoms with Crippen molar-refractivity contribution in [3.8, 4) is 0 Å². The number of ketones is 1. The van der Waals surface area contributed by atoms with E-state index in [-0.39, 0.29) is 11.6 Å². The fraction of sp³-hybridized carbons (Fsp3) is 0.533. The zero-order chi connectivity index (χ0) is 14.0. The molecule has 2 unspecified atom stereocenters. The van der Waals surface area contributed by atoms with Crippen LogP contribution < -0.4 is 0 Å². The van der Waals surface area contributed by atoms with E-state index in [0.717, 1.165) is 13.1 Å². The first kappa shape index (κ1) is 14.2. The number of benzene rings is 1. The summed E-state index contributed by atoms with van der Waals surface area (Å²) in [6.07, 6.45) is 0. The number of hydrogen-bond donors (Lipinski definition) is 0. The van der Waals surface area contributed by atoms with Gasteiger partial charge < -0.3 is 0 Å². The van der Waals surface area contributed by atoms with Crippen LogP contribution >= 0.6 is 0 Å². The van der Waals surface area contributed by atoms with Crippen molar-refractivity contribution >= 4 is 5.78 Å². The van der Waals surface area contributed by atoms with Crippen LogP contribution in [0.5, 0.6) is 0 Å². The molecule has 1 aromatic carbocycles. The summed E-state index contributed by atoms with van der Waals surface area (Å²) >= 11 is 0. The van der Waals surface area contributed by atoms with Gasteiger partial charge in [0.05, 0.1) is 6.54 Å². The van der Waals surface area contributed by atoms with Gasteiger partial charge >= 0.3 is 0 Å². The molecule has 0 spiro atoms. The highest BCUT2D eigenvalue weighted by Gasteiger charge is 2.27. The summed E-state index contributed by atoms with van der Waals surface area (Å²) in [5.41, 5.74) is 0.584. The van der Waals surface area contributed by atoms with E-state index < -0.39 is 0 Å². The number of piperazine rings is 1. The molecule has 19 heavy (non-hydrogen) atoms. The summed E-state index contributed by atoms with van der Waals surface area (Å²) in [7, 11) is 2.12. The van der Waals surface area contributed by atoms with Gasteiger partial charge in [0, 0.05) is 30.7 Å². The predicted octanol–water partition coefficient (Wildman–Crippen LogP) is 2.03. The minimum atomic E-state index is -0.307. The first-order valence-corrected chi connectivity index (χ1v) is 6.70. The van der Waals surface area contributed by atoms with Gasteiger partial charge in [-0.1, -0.05) is 0 Å². The van der Waals surface area contributed by atoms with Crippen molar-refractivity contribution in [1.82, 2.24) is 9.80 Å². The normalized spacial score (nSPS) is 25.5. The molecule has 1 heterocycles. The van der Waals surface area contributed by atoms with Crippen LogP contribution in [0.2, 0.25) is 0 Å². The second-order valence-electron chi connectivity index (χ2n) is 5.49. The lowest BCUT2D eigenvalue weighted by Gasteiger charge is -2.42. The number of likely N-dealkylation sites (N-methyl/N-ethyl adjacent to an activating group) is 1. The molecule has 4 heteroatoms. The molecule has 0 bridgehead atoms. The smallest absolute Gasteiger partial charge is 0.176 e. The molecule has 0 saturated carbocycles. The minimum Gasteiger partial charge on any atom is -0.298 e. The Balaban J connectivity index is 1.97. The second-order valence-corrected chi connectivity index (χ2v) is 5.49. The lowest BCUT2D eigenvalue weighted by atomic mass is 10.1. The Labute approximate surface area is 114 Å². The Morgan fingerprint density at radius 1 is 1.21 bits per heavy atom. The third kappa shape index (κ3) is 3.39. The quantitative estimate of drug-likeness (QED) is 0.781. The van der Waals surface area contributed by atoms with Crippen molar-refractivity contribution in [2.45, 2.75) is 25.9 Å². The molecule has 1 aromatic rings. The molecule has 1 saturated heterocycles. The van der Waals surface area contributed by atoms with E-state index in [4.69, 9.17) is 0 Å². The van der Waals surface area contributed by atoms with E-state index in [1.165, 1.54) is 12.1 Å². The van der Waals surface area contributed by atoms with Gasteiger partial charge in [0.25, 0.3) is 0 Å². The van der Waals surface area contributed by atoms with Crippen molar-refractivity contribution in [2.75, 3.05) is 26.7 Å². The Morgan fingerprint density at radius 3 is 2.26 bits per heavy atom. The maximum Gasteiger partial charge on any atom is 0.176 e. The van der Waals surface area contributed by atoms with Gasteiger partial charge in [0.2, 0.25) is 0 Å². The fourth-order valence-electron chi connectivity index (χ4n) is 2.57. The Hall–Kier alpha value is -1.26. The number of Topliss-reactive ketones (excluding diaryl/α,β-unsaturated/α-hetero) is 1. The zero-order valence-corrected chi connectivity index (χ0v) is 11.8. The van der Waals surface area contributed by atoms with Crippen LogP contribution in [-0.4, -0.2) is 54.3 Å². The lowest BCUT2D eigenvalue weighted by Crippen LogP contribution is -2.55. The minimum absolute atomic E-state index is 0.0592. The molecule has 2 rings (SSSR count). The van der Waals surface area contributed by atoms with Crippen LogP contribution in [0.3, 0.4) is 0 Å². The van der Waals surface area contributed by atoms with E-state index in [0.29, 0.717) is 24.2 Å². The average molecular weight is 264 g/mol. The second kappa shape index (κ2) is 5.80. The highest BCUT2D eigenvalue weighted by molar-refractivity contribution is 5.97. The number of nitrogens with zero attached hydrogens (tertiary/aromatic N) is 2. The van der Waals surface area contributed by atoms with Crippen LogP contribution in [0.4, 0.5) is 4.39 Å². The van der Waals surface area contributed by atoms with E-state index >= 15 is 0 Å². The van der Waals surface area contributed by atoms with Gasteiger partial charge in [-0.3, -0.25) is 14.6 Å². The molecule has 0 N–H and O–H groups in total. The number of halogens is 1. The van der Waals surface area contributed by atoms with Crippen LogP contribution in [0, 0.1) is 5.82 Å². The third-order valence-corrected chi connectivity index (χ3v) is 3.97. The molecular formula is C15H21FN2O. The summed E-state index contributed by atoms with van der Waals surface area (Å²) in [6, 6.07) is 6.68. The van der Waals surface area contributed by atoms with Crippen molar-refractivity contribution in [3.05, 3.63) is 35.6 Å². The van der Waals surface area contributed by atoms with E-state index in [1.807, 2.05) is 0 Å². The zero-order valence-electron chi connectivity index (χ0n) is 11.8. The predicted molar refractivity (Wildman–Crippen MR) is 73.9 cm³/mol. The average Bonchev–Trinajstić information content (AvgIpc) is 2.36. The van der Waals surface area contributed by atoms with Crippen LogP contribution in [0.25, 0.3) is 0 Å². The van der Waals surface area contributed by atoms with Crippen LogP contribution in [-0.2, 0) is 0 Å². The van der Waals surface area contributed by atoms with Gasteiger partial charge in [-0.25, -0.2) is 4.39 Å². The van der Waals surface area contributed by atoms with Crippen molar-refractivity contribution < 1.29 is 9.18 Å². The first-order chi connectivity index (χ1) is 8.97.